The Morgan fingerprint density at radius 3 is 2.56 bits per heavy atom. The lowest BCUT2D eigenvalue weighted by Gasteiger charge is -2.22. The lowest BCUT2D eigenvalue weighted by atomic mass is 10.2. The molecular weight excluding hydrogens is 468 g/mol. The molecule has 0 aliphatic rings. The van der Waals surface area contributed by atoms with Crippen molar-refractivity contribution < 1.29 is 28.5 Å². The van der Waals surface area contributed by atoms with Crippen molar-refractivity contribution in [2.75, 3.05) is 44.3 Å². The van der Waals surface area contributed by atoms with Gasteiger partial charge >= 0.3 is 6.09 Å². The summed E-state index contributed by atoms with van der Waals surface area (Å²) < 4.78 is 21.1. The van der Waals surface area contributed by atoms with Gasteiger partial charge < -0.3 is 40.6 Å². The summed E-state index contributed by atoms with van der Waals surface area (Å²) in [5.74, 6) is -0.430. The molecule has 12 nitrogen and oxygen atoms in total. The van der Waals surface area contributed by atoms with Crippen LogP contribution in [0.1, 0.15) is 43.6 Å². The highest BCUT2D eigenvalue weighted by molar-refractivity contribution is 6.00. The first-order chi connectivity index (χ1) is 17.0. The molecule has 0 saturated carbocycles. The maximum Gasteiger partial charge on any atom is 0.407 e. The van der Waals surface area contributed by atoms with E-state index in [4.69, 9.17) is 24.7 Å². The van der Waals surface area contributed by atoms with Gasteiger partial charge in [0.15, 0.2) is 5.82 Å². The van der Waals surface area contributed by atoms with Crippen LogP contribution in [0.2, 0.25) is 0 Å². The predicted molar refractivity (Wildman–Crippen MR) is 136 cm³/mol. The van der Waals surface area contributed by atoms with Gasteiger partial charge in [0.2, 0.25) is 11.8 Å². The summed E-state index contributed by atoms with van der Waals surface area (Å²) in [5, 5.41) is 8.91. The predicted octanol–water partition coefficient (Wildman–Crippen LogP) is 2.95. The molecule has 1 heterocycles. The normalized spacial score (nSPS) is 11.9. The van der Waals surface area contributed by atoms with Gasteiger partial charge in [-0.05, 0) is 52.3 Å². The number of amides is 2. The summed E-state index contributed by atoms with van der Waals surface area (Å²) in [6.07, 6.45) is -0.538. The monoisotopic (exact) mass is 504 g/mol. The van der Waals surface area contributed by atoms with Crippen LogP contribution in [0.4, 0.5) is 22.2 Å². The van der Waals surface area contributed by atoms with Crippen molar-refractivity contribution >= 4 is 29.5 Å². The topological polar surface area (TPSA) is 159 Å². The zero-order valence-electron chi connectivity index (χ0n) is 21.6. The third-order valence-electron chi connectivity index (χ3n) is 4.40. The Kier molecular flexibility index (Phi) is 10.7. The first-order valence-corrected chi connectivity index (χ1v) is 11.5. The van der Waals surface area contributed by atoms with E-state index in [2.05, 4.69) is 25.9 Å². The second kappa shape index (κ2) is 13.4. The van der Waals surface area contributed by atoms with Gasteiger partial charge in [-0.1, -0.05) is 12.1 Å². The molecule has 2 amide bonds. The van der Waals surface area contributed by atoms with Crippen LogP contribution in [-0.4, -0.2) is 67.3 Å². The van der Waals surface area contributed by atoms with Gasteiger partial charge in [0.1, 0.15) is 24.6 Å². The van der Waals surface area contributed by atoms with Gasteiger partial charge in [0.05, 0.1) is 6.61 Å². The Morgan fingerprint density at radius 1 is 1.17 bits per heavy atom. The molecule has 0 spiro atoms. The Labute approximate surface area is 211 Å². The molecular formula is C24H36N6O6. The molecule has 0 aliphatic carbocycles. The van der Waals surface area contributed by atoms with E-state index >= 15 is 0 Å². The molecule has 1 aromatic heterocycles. The standard InChI is InChI=1S/C24H36N6O6/c1-15-8-7-9-17(12-15)28-20-18(19(25)31)21(35-11-10-34-14-33-6)30-22(29-20)26-13-16(2)27-23(32)36-24(3,4)5/h7-9,12,16H,10-11,13-14H2,1-6H3,(H2,25,31)(H,27,32)(H2,26,28,29,30)/t16-/m0/s1. The minimum absolute atomic E-state index is 0.00581. The van der Waals surface area contributed by atoms with Crippen LogP contribution in [-0.2, 0) is 14.2 Å². The van der Waals surface area contributed by atoms with Crippen LogP contribution in [0.25, 0.3) is 0 Å². The highest BCUT2D eigenvalue weighted by atomic mass is 16.7. The van der Waals surface area contributed by atoms with Crippen molar-refractivity contribution in [1.82, 2.24) is 15.3 Å². The van der Waals surface area contributed by atoms with E-state index in [0.717, 1.165) is 5.56 Å². The molecule has 5 N–H and O–H groups in total. The van der Waals surface area contributed by atoms with Crippen LogP contribution in [0.5, 0.6) is 5.88 Å². The summed E-state index contributed by atoms with van der Waals surface area (Å²) in [5.41, 5.74) is 6.76. The number of hydrogen-bond donors (Lipinski definition) is 4. The molecule has 2 aromatic rings. The first-order valence-electron chi connectivity index (χ1n) is 11.5. The van der Waals surface area contributed by atoms with Crippen LogP contribution in [0.3, 0.4) is 0 Å². The zero-order chi connectivity index (χ0) is 26.7. The first kappa shape index (κ1) is 28.6. The summed E-state index contributed by atoms with van der Waals surface area (Å²) in [6, 6.07) is 7.22. The number of benzene rings is 1. The Bertz CT molecular complexity index is 1030. The van der Waals surface area contributed by atoms with Crippen LogP contribution in [0.15, 0.2) is 24.3 Å². The van der Waals surface area contributed by atoms with E-state index in [1.807, 2.05) is 31.2 Å². The number of alkyl carbamates (subject to hydrolysis) is 1. The van der Waals surface area contributed by atoms with Crippen LogP contribution < -0.4 is 26.4 Å². The maximum atomic E-state index is 12.3. The average Bonchev–Trinajstić information content (AvgIpc) is 2.76. The molecule has 0 bridgehead atoms. The Morgan fingerprint density at radius 2 is 1.92 bits per heavy atom. The number of nitrogens with zero attached hydrogens (tertiary/aromatic N) is 2. The molecule has 0 fully saturated rings. The van der Waals surface area contributed by atoms with Gasteiger partial charge in [0, 0.05) is 25.4 Å². The Balaban J connectivity index is 2.25. The number of carbonyl (C=O) groups excluding carboxylic acids is 2. The lowest BCUT2D eigenvalue weighted by Crippen LogP contribution is -2.41. The van der Waals surface area contributed by atoms with Crippen molar-refractivity contribution in [3.63, 3.8) is 0 Å². The maximum absolute atomic E-state index is 12.3. The highest BCUT2D eigenvalue weighted by Crippen LogP contribution is 2.28. The fraction of sp³-hybridized carbons (Fsp3) is 0.500. The second-order valence-electron chi connectivity index (χ2n) is 9.03. The average molecular weight is 505 g/mol. The van der Waals surface area contributed by atoms with E-state index < -0.39 is 17.6 Å². The zero-order valence-corrected chi connectivity index (χ0v) is 21.6. The molecule has 12 heteroatoms. The van der Waals surface area contributed by atoms with Gasteiger partial charge in [-0.3, -0.25) is 4.79 Å². The van der Waals surface area contributed by atoms with Crippen molar-refractivity contribution in [1.29, 1.82) is 0 Å². The van der Waals surface area contributed by atoms with Gasteiger partial charge in [-0.25, -0.2) is 4.79 Å². The smallest absolute Gasteiger partial charge is 0.407 e. The largest absolute Gasteiger partial charge is 0.474 e. The summed E-state index contributed by atoms with van der Waals surface area (Å²) in [6.45, 7) is 9.78. The van der Waals surface area contributed by atoms with Crippen molar-refractivity contribution in [3.8, 4) is 5.88 Å². The molecule has 198 valence electrons. The van der Waals surface area contributed by atoms with E-state index in [0.29, 0.717) is 5.69 Å². The summed E-state index contributed by atoms with van der Waals surface area (Å²) >= 11 is 0. The number of nitrogens with two attached hydrogens (primary N) is 1. The number of anilines is 3. The van der Waals surface area contributed by atoms with Crippen molar-refractivity contribution in [3.05, 3.63) is 35.4 Å². The molecule has 36 heavy (non-hydrogen) atoms. The number of primary amides is 1. The molecule has 2 rings (SSSR count). The molecule has 0 aliphatic heterocycles. The van der Waals surface area contributed by atoms with E-state index in [9.17, 15) is 9.59 Å². The van der Waals surface area contributed by atoms with Crippen molar-refractivity contribution in [2.45, 2.75) is 46.3 Å². The number of hydrogen-bond acceptors (Lipinski definition) is 10. The second-order valence-corrected chi connectivity index (χ2v) is 9.03. The van der Waals surface area contributed by atoms with Crippen molar-refractivity contribution in [2.24, 2.45) is 5.73 Å². The number of ether oxygens (including phenoxy) is 4. The molecule has 0 unspecified atom stereocenters. The number of rotatable bonds is 13. The van der Waals surface area contributed by atoms with Crippen LogP contribution >= 0.6 is 0 Å². The van der Waals surface area contributed by atoms with E-state index in [1.165, 1.54) is 7.11 Å². The molecule has 0 saturated heterocycles. The highest BCUT2D eigenvalue weighted by Gasteiger charge is 2.22. The number of carbonyl (C=O) groups is 2. The number of aromatic nitrogens is 2. The van der Waals surface area contributed by atoms with E-state index in [-0.39, 0.29) is 55.8 Å². The summed E-state index contributed by atoms with van der Waals surface area (Å²) in [7, 11) is 1.51. The fourth-order valence-corrected chi connectivity index (χ4v) is 2.94. The minimum Gasteiger partial charge on any atom is -0.474 e. The number of nitrogens with one attached hydrogen (secondary N) is 3. The Hall–Kier alpha value is -3.64. The molecule has 1 aromatic carbocycles. The lowest BCUT2D eigenvalue weighted by molar-refractivity contribution is -0.0391. The SMILES string of the molecule is COCOCCOc1nc(NC[C@H](C)NC(=O)OC(C)(C)C)nc(Nc2cccc(C)c2)c1C(N)=O. The fourth-order valence-electron chi connectivity index (χ4n) is 2.94. The van der Waals surface area contributed by atoms with Crippen LogP contribution in [0, 0.1) is 6.92 Å². The van der Waals surface area contributed by atoms with E-state index in [1.54, 1.807) is 27.7 Å². The minimum atomic E-state index is -0.760. The quantitative estimate of drug-likeness (QED) is 0.236. The van der Waals surface area contributed by atoms with Gasteiger partial charge in [-0.15, -0.1) is 0 Å². The number of methoxy groups -OCH3 is 1. The molecule has 0 radical (unpaired) electrons. The third-order valence-corrected chi connectivity index (χ3v) is 4.40. The summed E-state index contributed by atoms with van der Waals surface area (Å²) in [4.78, 5) is 33.1. The number of aryl methyl sites for hydroxylation is 1. The van der Waals surface area contributed by atoms with Gasteiger partial charge in [0.25, 0.3) is 5.91 Å². The van der Waals surface area contributed by atoms with Gasteiger partial charge in [-0.2, -0.15) is 9.97 Å². The molecule has 1 atom stereocenters. The third kappa shape index (κ3) is 9.92.